The van der Waals surface area contributed by atoms with Crippen LogP contribution in [0.25, 0.3) is 0 Å². The minimum Gasteiger partial charge on any atom is -0.377 e. The third-order valence-electron chi connectivity index (χ3n) is 3.91. The second kappa shape index (κ2) is 4.72. The van der Waals surface area contributed by atoms with Crippen LogP contribution in [-0.4, -0.2) is 30.7 Å². The van der Waals surface area contributed by atoms with Crippen molar-refractivity contribution in [3.63, 3.8) is 0 Å². The van der Waals surface area contributed by atoms with Gasteiger partial charge in [0, 0.05) is 18.7 Å². The number of carbonyl (C=O) groups is 1. The van der Waals surface area contributed by atoms with Gasteiger partial charge in [-0.1, -0.05) is 6.92 Å². The molecule has 1 saturated carbocycles. The number of amides is 1. The van der Waals surface area contributed by atoms with E-state index >= 15 is 0 Å². The van der Waals surface area contributed by atoms with Crippen LogP contribution < -0.4 is 11.1 Å². The highest BCUT2D eigenvalue weighted by Gasteiger charge is 2.36. The third-order valence-corrected chi connectivity index (χ3v) is 3.91. The summed E-state index contributed by atoms with van der Waals surface area (Å²) in [6, 6.07) is 0. The van der Waals surface area contributed by atoms with Gasteiger partial charge in [-0.25, -0.2) is 0 Å². The Hall–Kier alpha value is -0.610. The molecule has 1 aliphatic carbocycles. The Labute approximate surface area is 96.9 Å². The summed E-state index contributed by atoms with van der Waals surface area (Å²) >= 11 is 0. The molecule has 0 aromatic heterocycles. The van der Waals surface area contributed by atoms with Crippen LogP contribution in [0, 0.1) is 5.92 Å². The maximum Gasteiger partial charge on any atom is 0.225 e. The molecule has 2 rings (SSSR count). The van der Waals surface area contributed by atoms with Gasteiger partial charge in [-0.2, -0.15) is 0 Å². The molecular weight excluding hydrogens is 204 g/mol. The molecule has 0 aromatic rings. The van der Waals surface area contributed by atoms with Crippen LogP contribution in [0.2, 0.25) is 0 Å². The molecule has 0 aromatic carbocycles. The van der Waals surface area contributed by atoms with Crippen LogP contribution in [-0.2, 0) is 9.53 Å². The number of nitrogens with one attached hydrogen (secondary N) is 1. The molecule has 4 heteroatoms. The van der Waals surface area contributed by atoms with Gasteiger partial charge >= 0.3 is 0 Å². The zero-order chi connectivity index (χ0) is 11.6. The maximum atomic E-state index is 12.0. The Bertz CT molecular complexity index is 264. The first kappa shape index (κ1) is 11.9. The molecule has 4 nitrogen and oxygen atoms in total. The molecule has 3 N–H and O–H groups in total. The van der Waals surface area contributed by atoms with Crippen molar-refractivity contribution in [3.05, 3.63) is 0 Å². The van der Waals surface area contributed by atoms with E-state index in [1.54, 1.807) is 0 Å². The average molecular weight is 226 g/mol. The highest BCUT2D eigenvalue weighted by atomic mass is 16.5. The van der Waals surface area contributed by atoms with Gasteiger partial charge in [0.15, 0.2) is 0 Å². The molecule has 2 aliphatic rings. The van der Waals surface area contributed by atoms with E-state index in [4.69, 9.17) is 10.5 Å². The quantitative estimate of drug-likeness (QED) is 0.745. The monoisotopic (exact) mass is 226 g/mol. The summed E-state index contributed by atoms with van der Waals surface area (Å²) in [5, 5.41) is 2.99. The van der Waals surface area contributed by atoms with Crippen molar-refractivity contribution < 1.29 is 9.53 Å². The molecule has 16 heavy (non-hydrogen) atoms. The number of hydrogen-bond acceptors (Lipinski definition) is 3. The van der Waals surface area contributed by atoms with Crippen molar-refractivity contribution in [2.24, 2.45) is 11.7 Å². The van der Waals surface area contributed by atoms with E-state index in [-0.39, 0.29) is 23.5 Å². The highest BCUT2D eigenvalue weighted by molar-refractivity contribution is 5.79. The molecule has 1 aliphatic heterocycles. The van der Waals surface area contributed by atoms with Gasteiger partial charge in [0.2, 0.25) is 5.91 Å². The molecule has 2 atom stereocenters. The van der Waals surface area contributed by atoms with Crippen LogP contribution in [0.15, 0.2) is 0 Å². The summed E-state index contributed by atoms with van der Waals surface area (Å²) in [6.45, 7) is 3.40. The van der Waals surface area contributed by atoms with E-state index < -0.39 is 0 Å². The topological polar surface area (TPSA) is 64.3 Å². The number of rotatable bonds is 4. The Morgan fingerprint density at radius 1 is 1.56 bits per heavy atom. The largest absolute Gasteiger partial charge is 0.377 e. The normalized spacial score (nSPS) is 32.1. The Morgan fingerprint density at radius 2 is 2.31 bits per heavy atom. The fourth-order valence-corrected chi connectivity index (χ4v) is 2.55. The predicted octanol–water partition coefficient (Wildman–Crippen LogP) is 0.799. The summed E-state index contributed by atoms with van der Waals surface area (Å²) in [5.74, 6) is 0.162. The highest BCUT2D eigenvalue weighted by Crippen LogP contribution is 2.29. The minimum absolute atomic E-state index is 0.0358. The molecule has 1 heterocycles. The molecular formula is C12H22N2O2. The van der Waals surface area contributed by atoms with Crippen molar-refractivity contribution in [3.8, 4) is 0 Å². The maximum absolute atomic E-state index is 12.0. The van der Waals surface area contributed by atoms with Gasteiger partial charge in [-0.05, 0) is 32.1 Å². The second-order valence-corrected chi connectivity index (χ2v) is 5.15. The van der Waals surface area contributed by atoms with E-state index in [1.807, 2.05) is 0 Å². The summed E-state index contributed by atoms with van der Waals surface area (Å²) in [5.41, 5.74) is 5.94. The molecule has 0 bridgehead atoms. The minimum atomic E-state index is -0.128. The zero-order valence-corrected chi connectivity index (χ0v) is 10.00. The predicted molar refractivity (Wildman–Crippen MR) is 61.9 cm³/mol. The van der Waals surface area contributed by atoms with Crippen LogP contribution in [0.5, 0.6) is 0 Å². The first-order chi connectivity index (χ1) is 7.64. The standard InChI is InChI=1S/C12H22N2O2/c1-2-10-9(4-7-16-10)11(15)14-8-12(13)5-3-6-12/h9-10H,2-8,13H2,1H3,(H,14,15). The van der Waals surface area contributed by atoms with Crippen LogP contribution in [0.1, 0.15) is 39.0 Å². The molecule has 2 unspecified atom stereocenters. The van der Waals surface area contributed by atoms with Crippen molar-refractivity contribution >= 4 is 5.91 Å². The zero-order valence-electron chi connectivity index (χ0n) is 10.00. The second-order valence-electron chi connectivity index (χ2n) is 5.15. The van der Waals surface area contributed by atoms with Gasteiger partial charge in [0.1, 0.15) is 0 Å². The van der Waals surface area contributed by atoms with Gasteiger partial charge in [0.25, 0.3) is 0 Å². The smallest absolute Gasteiger partial charge is 0.225 e. The SMILES string of the molecule is CCC1OCCC1C(=O)NCC1(N)CCC1. The van der Waals surface area contributed by atoms with E-state index in [2.05, 4.69) is 12.2 Å². The first-order valence-corrected chi connectivity index (χ1v) is 6.33. The summed E-state index contributed by atoms with van der Waals surface area (Å²) < 4.78 is 5.52. The van der Waals surface area contributed by atoms with E-state index in [0.29, 0.717) is 13.2 Å². The number of ether oxygens (including phenoxy) is 1. The Morgan fingerprint density at radius 3 is 2.88 bits per heavy atom. The molecule has 1 amide bonds. The van der Waals surface area contributed by atoms with E-state index in [9.17, 15) is 4.79 Å². The molecule has 2 fully saturated rings. The van der Waals surface area contributed by atoms with Gasteiger partial charge in [0.05, 0.1) is 12.0 Å². The van der Waals surface area contributed by atoms with Gasteiger partial charge in [-0.3, -0.25) is 4.79 Å². The van der Waals surface area contributed by atoms with Crippen molar-refractivity contribution in [2.75, 3.05) is 13.2 Å². The number of hydrogen-bond donors (Lipinski definition) is 2. The van der Waals surface area contributed by atoms with E-state index in [1.165, 1.54) is 6.42 Å². The van der Waals surface area contributed by atoms with Crippen molar-refractivity contribution in [1.82, 2.24) is 5.32 Å². The molecule has 92 valence electrons. The fraction of sp³-hybridized carbons (Fsp3) is 0.917. The third kappa shape index (κ3) is 2.38. The first-order valence-electron chi connectivity index (χ1n) is 6.33. The summed E-state index contributed by atoms with van der Waals surface area (Å²) in [4.78, 5) is 12.0. The average Bonchev–Trinajstić information content (AvgIpc) is 2.71. The molecule has 1 saturated heterocycles. The summed E-state index contributed by atoms with van der Waals surface area (Å²) in [6.07, 6.45) is 5.12. The van der Waals surface area contributed by atoms with Crippen LogP contribution >= 0.6 is 0 Å². The lowest BCUT2D eigenvalue weighted by Gasteiger charge is -2.38. The summed E-state index contributed by atoms with van der Waals surface area (Å²) in [7, 11) is 0. The van der Waals surface area contributed by atoms with Crippen molar-refractivity contribution in [1.29, 1.82) is 0 Å². The lowest BCUT2D eigenvalue weighted by atomic mass is 9.77. The number of nitrogens with two attached hydrogens (primary N) is 1. The van der Waals surface area contributed by atoms with Gasteiger partial charge in [-0.15, -0.1) is 0 Å². The fourth-order valence-electron chi connectivity index (χ4n) is 2.55. The molecule has 0 radical (unpaired) electrons. The van der Waals surface area contributed by atoms with Crippen molar-refractivity contribution in [2.45, 2.75) is 50.7 Å². The van der Waals surface area contributed by atoms with Crippen LogP contribution in [0.4, 0.5) is 0 Å². The van der Waals surface area contributed by atoms with Crippen LogP contribution in [0.3, 0.4) is 0 Å². The van der Waals surface area contributed by atoms with Gasteiger partial charge < -0.3 is 15.8 Å². The Kier molecular flexibility index (Phi) is 3.50. The van der Waals surface area contributed by atoms with E-state index in [0.717, 1.165) is 25.7 Å². The lowest BCUT2D eigenvalue weighted by molar-refractivity contribution is -0.127. The molecule has 0 spiro atoms. The lowest BCUT2D eigenvalue weighted by Crippen LogP contribution is -2.55. The number of carbonyl (C=O) groups excluding carboxylic acids is 1. The Balaban J connectivity index is 1.78.